The lowest BCUT2D eigenvalue weighted by atomic mass is 10.4. The summed E-state index contributed by atoms with van der Waals surface area (Å²) in [5.74, 6) is -1.62. The highest BCUT2D eigenvalue weighted by Crippen LogP contribution is 1.79. The number of carbonyl (C=O) groups is 1. The van der Waals surface area contributed by atoms with Crippen molar-refractivity contribution >= 4 is 5.97 Å². The highest BCUT2D eigenvalue weighted by molar-refractivity contribution is 5.73. The maximum absolute atomic E-state index is 9.74. The highest BCUT2D eigenvalue weighted by Gasteiger charge is 2.04. The van der Waals surface area contributed by atoms with Crippen LogP contribution in [0, 0.1) is 0 Å². The molecule has 0 aromatic carbocycles. The van der Waals surface area contributed by atoms with Crippen molar-refractivity contribution in [3.8, 4) is 0 Å². The molecule has 7 heavy (non-hydrogen) atoms. The van der Waals surface area contributed by atoms with Crippen molar-refractivity contribution in [2.75, 3.05) is 0 Å². The minimum atomic E-state index is -2.53. The maximum Gasteiger partial charge on any atom is 0.336 e. The van der Waals surface area contributed by atoms with Crippen LogP contribution in [-0.4, -0.2) is 22.3 Å². The molecule has 0 aliphatic rings. The molecule has 0 saturated carbocycles. The zero-order valence-corrected chi connectivity index (χ0v) is 3.59. The van der Waals surface area contributed by atoms with E-state index in [4.69, 9.17) is 11.6 Å². The van der Waals surface area contributed by atoms with E-state index in [0.29, 0.717) is 6.08 Å². The lowest BCUT2D eigenvalue weighted by Gasteiger charge is -1.91. The molecular weight excluding hydrogens is 96.0 g/mol. The highest BCUT2D eigenvalue weighted by atomic mass is 16.4. The van der Waals surface area contributed by atoms with Crippen LogP contribution in [-0.2, 0) is 4.79 Å². The molecule has 0 aromatic rings. The van der Waals surface area contributed by atoms with Crippen LogP contribution in [0.2, 0.25) is 0 Å². The number of aliphatic hydroxyl groups is 1. The van der Waals surface area contributed by atoms with Crippen molar-refractivity contribution in [1.82, 2.24) is 0 Å². The van der Waals surface area contributed by atoms with Crippen molar-refractivity contribution in [2.24, 2.45) is 0 Å². The second-order valence-electron chi connectivity index (χ2n) is 0.895. The van der Waals surface area contributed by atoms with Crippen molar-refractivity contribution < 1.29 is 16.4 Å². The molecule has 0 amide bonds. The standard InChI is InChI=1S/C4H6O3/c1-2-3(5)4(6)7/h2-3,5H,1H2,(H,6,7)/t3-/m1/s1/i3D. The number of carboxylic acids is 1. The summed E-state index contributed by atoms with van der Waals surface area (Å²) < 4.78 is 6.47. The Balaban J connectivity index is 4.12. The molecule has 1 atom stereocenters. The number of hydrogen-bond donors (Lipinski definition) is 2. The van der Waals surface area contributed by atoms with E-state index >= 15 is 0 Å². The Hall–Kier alpha value is -0.830. The van der Waals surface area contributed by atoms with E-state index in [2.05, 4.69) is 6.58 Å². The van der Waals surface area contributed by atoms with E-state index in [9.17, 15) is 4.79 Å². The van der Waals surface area contributed by atoms with Gasteiger partial charge in [0.05, 0.1) is 1.37 Å². The maximum atomic E-state index is 9.74. The minimum Gasteiger partial charge on any atom is -0.479 e. The lowest BCUT2D eigenvalue weighted by molar-refractivity contribution is -0.144. The summed E-state index contributed by atoms with van der Waals surface area (Å²) in [4.78, 5) is 9.74. The summed E-state index contributed by atoms with van der Waals surface area (Å²) in [6.07, 6.45) is -1.89. The number of rotatable bonds is 2. The summed E-state index contributed by atoms with van der Waals surface area (Å²) in [5, 5.41) is 16.3. The van der Waals surface area contributed by atoms with Gasteiger partial charge in [-0.3, -0.25) is 0 Å². The summed E-state index contributed by atoms with van der Waals surface area (Å²) in [6, 6.07) is 0. The van der Waals surface area contributed by atoms with Gasteiger partial charge in [-0.1, -0.05) is 12.7 Å². The van der Waals surface area contributed by atoms with Gasteiger partial charge in [-0.25, -0.2) is 4.79 Å². The molecule has 0 bridgehead atoms. The molecule has 0 radical (unpaired) electrons. The summed E-state index contributed by atoms with van der Waals surface area (Å²) in [5.41, 5.74) is 0. The van der Waals surface area contributed by atoms with E-state index in [1.54, 1.807) is 0 Å². The molecule has 40 valence electrons. The van der Waals surface area contributed by atoms with Gasteiger partial charge in [-0.05, 0) is 0 Å². The van der Waals surface area contributed by atoms with Gasteiger partial charge in [0.2, 0.25) is 0 Å². The zero-order chi connectivity index (χ0) is 6.78. The Morgan fingerprint density at radius 3 is 2.57 bits per heavy atom. The van der Waals surface area contributed by atoms with Crippen LogP contribution < -0.4 is 0 Å². The van der Waals surface area contributed by atoms with E-state index < -0.39 is 12.0 Å². The summed E-state index contributed by atoms with van der Waals surface area (Å²) in [7, 11) is 0. The third-order valence-corrected chi connectivity index (χ3v) is 0.412. The fourth-order valence-corrected chi connectivity index (χ4v) is 0.0873. The molecule has 0 fully saturated rings. The van der Waals surface area contributed by atoms with Gasteiger partial charge in [0, 0.05) is 0 Å². The van der Waals surface area contributed by atoms with E-state index in [1.807, 2.05) is 0 Å². The Bertz CT molecular complexity index is 118. The first-order valence-corrected chi connectivity index (χ1v) is 1.60. The quantitative estimate of drug-likeness (QED) is 0.468. The average molecular weight is 103 g/mol. The van der Waals surface area contributed by atoms with Gasteiger partial charge in [-0.15, -0.1) is 0 Å². The summed E-state index contributed by atoms with van der Waals surface area (Å²) >= 11 is 0. The number of hydrogen-bond acceptors (Lipinski definition) is 2. The Morgan fingerprint density at radius 2 is 2.57 bits per heavy atom. The molecule has 3 heteroatoms. The van der Waals surface area contributed by atoms with Crippen LogP contribution in [0.1, 0.15) is 1.37 Å². The molecule has 0 aliphatic heterocycles. The fourth-order valence-electron chi connectivity index (χ4n) is 0.0873. The Morgan fingerprint density at radius 1 is 2.14 bits per heavy atom. The van der Waals surface area contributed by atoms with Gasteiger partial charge in [0.1, 0.15) is 0 Å². The SMILES string of the molecule is [2H][C@@](O)(C=C)C(=O)O. The lowest BCUT2D eigenvalue weighted by Crippen LogP contribution is -2.15. The molecule has 0 spiro atoms. The van der Waals surface area contributed by atoms with Gasteiger partial charge < -0.3 is 10.2 Å². The molecular formula is C4H6O3. The topological polar surface area (TPSA) is 57.5 Å². The minimum absolute atomic E-state index is 0.634. The van der Waals surface area contributed by atoms with E-state index in [1.165, 1.54) is 0 Å². The first kappa shape index (κ1) is 4.33. The fraction of sp³-hybridized carbons (Fsp3) is 0.250. The largest absolute Gasteiger partial charge is 0.479 e. The smallest absolute Gasteiger partial charge is 0.336 e. The van der Waals surface area contributed by atoms with Crippen LogP contribution in [0.15, 0.2) is 12.7 Å². The third kappa shape index (κ3) is 1.94. The van der Waals surface area contributed by atoms with Crippen LogP contribution in [0.25, 0.3) is 0 Å². The Labute approximate surface area is 42.3 Å². The molecule has 0 heterocycles. The van der Waals surface area contributed by atoms with Crippen molar-refractivity contribution in [1.29, 1.82) is 0 Å². The third-order valence-electron chi connectivity index (χ3n) is 0.412. The van der Waals surface area contributed by atoms with Crippen LogP contribution in [0.4, 0.5) is 0 Å². The molecule has 2 N–H and O–H groups in total. The van der Waals surface area contributed by atoms with Gasteiger partial charge in [-0.2, -0.15) is 0 Å². The van der Waals surface area contributed by atoms with Gasteiger partial charge >= 0.3 is 5.97 Å². The van der Waals surface area contributed by atoms with Crippen LogP contribution in [0.3, 0.4) is 0 Å². The molecule has 0 aromatic heterocycles. The molecule has 0 saturated heterocycles. The van der Waals surface area contributed by atoms with Crippen molar-refractivity contribution in [2.45, 2.75) is 6.08 Å². The normalized spacial score (nSPS) is 19.3. The predicted octanol–water partition coefficient (Wildman–Crippen LogP) is -0.382. The first-order chi connectivity index (χ1) is 3.50. The Kier molecular flexibility index (Phi) is 1.46. The van der Waals surface area contributed by atoms with Crippen LogP contribution in [0.5, 0.6) is 0 Å². The van der Waals surface area contributed by atoms with E-state index in [0.717, 1.165) is 0 Å². The summed E-state index contributed by atoms with van der Waals surface area (Å²) in [6.45, 7) is 2.94. The monoisotopic (exact) mass is 103 g/mol. The van der Waals surface area contributed by atoms with Crippen LogP contribution >= 0.6 is 0 Å². The van der Waals surface area contributed by atoms with Gasteiger partial charge in [0.15, 0.2) is 6.08 Å². The average Bonchev–Trinajstić information content (AvgIpc) is 1.67. The second-order valence-corrected chi connectivity index (χ2v) is 0.895. The molecule has 3 nitrogen and oxygen atoms in total. The molecule has 0 aliphatic carbocycles. The second kappa shape index (κ2) is 2.36. The van der Waals surface area contributed by atoms with Crippen molar-refractivity contribution in [3.63, 3.8) is 0 Å². The first-order valence-electron chi connectivity index (χ1n) is 2.10. The molecule has 0 rings (SSSR count). The van der Waals surface area contributed by atoms with Crippen molar-refractivity contribution in [3.05, 3.63) is 12.7 Å². The zero-order valence-electron chi connectivity index (χ0n) is 4.59. The predicted molar refractivity (Wildman–Crippen MR) is 23.8 cm³/mol. The van der Waals surface area contributed by atoms with E-state index in [-0.39, 0.29) is 0 Å². The molecule has 0 unspecified atom stereocenters. The number of carboxylic acid groups (broad SMARTS) is 1. The van der Waals surface area contributed by atoms with Gasteiger partial charge in [0.25, 0.3) is 0 Å². The number of aliphatic carboxylic acids is 1.